The molecule has 0 unspecified atom stereocenters. The summed E-state index contributed by atoms with van der Waals surface area (Å²) in [6, 6.07) is 6.92. The normalized spacial score (nSPS) is 18.9. The second-order valence-electron chi connectivity index (χ2n) is 7.75. The van der Waals surface area contributed by atoms with E-state index in [0.717, 1.165) is 24.7 Å². The molecular formula is C22H21FN6O2. The standard InChI is InChI=1S/C22H21FN6O2/c23-15-10-14(11-24-12-15)19-2-1-8-28(19)20-7-9-29-21(27-20)18(13-25-29)22(31)26-16-3-5-17(30)6-4-16/h1-2,7-13,16-17,30H,3-6H2,(H,26,31). The number of carbonyl (C=O) groups excluding carboxylic acids is 1. The van der Waals surface area contributed by atoms with Crippen molar-refractivity contribution in [1.82, 2.24) is 29.5 Å². The van der Waals surface area contributed by atoms with Gasteiger partial charge in [-0.25, -0.2) is 13.9 Å². The predicted molar refractivity (Wildman–Crippen MR) is 111 cm³/mol. The van der Waals surface area contributed by atoms with Crippen LogP contribution in [0.15, 0.2) is 55.2 Å². The molecule has 1 saturated carbocycles. The van der Waals surface area contributed by atoms with Gasteiger partial charge in [0, 0.05) is 30.2 Å². The van der Waals surface area contributed by atoms with Gasteiger partial charge in [0.25, 0.3) is 5.91 Å². The zero-order valence-corrected chi connectivity index (χ0v) is 16.6. The molecule has 5 rings (SSSR count). The van der Waals surface area contributed by atoms with Crippen molar-refractivity contribution in [3.63, 3.8) is 0 Å². The van der Waals surface area contributed by atoms with Crippen molar-refractivity contribution in [2.24, 2.45) is 0 Å². The maximum Gasteiger partial charge on any atom is 0.256 e. The van der Waals surface area contributed by atoms with Crippen molar-refractivity contribution in [3.05, 3.63) is 66.6 Å². The molecule has 1 aliphatic rings. The lowest BCUT2D eigenvalue weighted by molar-refractivity contribution is 0.0869. The van der Waals surface area contributed by atoms with E-state index in [1.165, 1.54) is 12.3 Å². The molecule has 4 aromatic heterocycles. The fourth-order valence-electron chi connectivity index (χ4n) is 4.00. The van der Waals surface area contributed by atoms with E-state index in [2.05, 4.69) is 20.4 Å². The van der Waals surface area contributed by atoms with Gasteiger partial charge in [0.15, 0.2) is 5.65 Å². The first-order valence-corrected chi connectivity index (χ1v) is 10.2. The Morgan fingerprint density at radius 1 is 1.13 bits per heavy atom. The molecule has 4 aromatic rings. The van der Waals surface area contributed by atoms with Crippen LogP contribution < -0.4 is 5.32 Å². The fourth-order valence-corrected chi connectivity index (χ4v) is 4.00. The van der Waals surface area contributed by atoms with Crippen LogP contribution in [0.25, 0.3) is 22.7 Å². The van der Waals surface area contributed by atoms with Gasteiger partial charge >= 0.3 is 0 Å². The third-order valence-electron chi connectivity index (χ3n) is 5.63. The molecule has 9 heteroatoms. The van der Waals surface area contributed by atoms with E-state index in [4.69, 9.17) is 0 Å². The summed E-state index contributed by atoms with van der Waals surface area (Å²) in [5.41, 5.74) is 2.17. The molecule has 1 amide bonds. The average Bonchev–Trinajstić information content (AvgIpc) is 3.42. The van der Waals surface area contributed by atoms with Crippen molar-refractivity contribution in [2.45, 2.75) is 37.8 Å². The Hall–Kier alpha value is -3.59. The van der Waals surface area contributed by atoms with Crippen LogP contribution >= 0.6 is 0 Å². The molecule has 0 bridgehead atoms. The minimum atomic E-state index is -0.418. The Labute approximate surface area is 177 Å². The summed E-state index contributed by atoms with van der Waals surface area (Å²) in [6.07, 6.45) is 10.4. The molecule has 0 radical (unpaired) electrons. The number of fused-ring (bicyclic) bond motifs is 1. The van der Waals surface area contributed by atoms with Gasteiger partial charge in [-0.15, -0.1) is 0 Å². The molecule has 0 atom stereocenters. The third kappa shape index (κ3) is 3.79. The third-order valence-corrected chi connectivity index (χ3v) is 5.63. The largest absolute Gasteiger partial charge is 0.393 e. The second kappa shape index (κ2) is 7.92. The summed E-state index contributed by atoms with van der Waals surface area (Å²) < 4.78 is 17.0. The Morgan fingerprint density at radius 2 is 1.97 bits per heavy atom. The lowest BCUT2D eigenvalue weighted by Gasteiger charge is -2.25. The quantitative estimate of drug-likeness (QED) is 0.529. The number of aromatic nitrogens is 5. The summed E-state index contributed by atoms with van der Waals surface area (Å²) in [5.74, 6) is -0.0751. The molecule has 0 spiro atoms. The highest BCUT2D eigenvalue weighted by Gasteiger charge is 2.23. The lowest BCUT2D eigenvalue weighted by atomic mass is 9.93. The molecule has 0 saturated heterocycles. The minimum absolute atomic E-state index is 0.0329. The monoisotopic (exact) mass is 420 g/mol. The van der Waals surface area contributed by atoms with E-state index < -0.39 is 5.82 Å². The number of nitrogens with zero attached hydrogens (tertiary/aromatic N) is 5. The highest BCUT2D eigenvalue weighted by atomic mass is 19.1. The summed E-state index contributed by atoms with van der Waals surface area (Å²) >= 11 is 0. The highest BCUT2D eigenvalue weighted by Crippen LogP contribution is 2.24. The molecular weight excluding hydrogens is 399 g/mol. The first-order chi connectivity index (χ1) is 15.1. The molecule has 0 aromatic carbocycles. The van der Waals surface area contributed by atoms with E-state index in [-0.39, 0.29) is 18.1 Å². The maximum atomic E-state index is 13.7. The molecule has 2 N–H and O–H groups in total. The Balaban J connectivity index is 1.46. The summed E-state index contributed by atoms with van der Waals surface area (Å²) in [5, 5.41) is 16.9. The van der Waals surface area contributed by atoms with Gasteiger partial charge in [-0.3, -0.25) is 9.78 Å². The van der Waals surface area contributed by atoms with Crippen LogP contribution in [0.1, 0.15) is 36.0 Å². The molecule has 8 nitrogen and oxygen atoms in total. The fraction of sp³-hybridized carbons (Fsp3) is 0.273. The number of aliphatic hydroxyl groups excluding tert-OH is 1. The molecule has 4 heterocycles. The number of hydrogen-bond acceptors (Lipinski definition) is 5. The first kappa shape index (κ1) is 19.4. The van der Waals surface area contributed by atoms with Crippen LogP contribution in [-0.4, -0.2) is 47.3 Å². The Morgan fingerprint density at radius 3 is 2.77 bits per heavy atom. The lowest BCUT2D eigenvalue weighted by Crippen LogP contribution is -2.38. The number of aliphatic hydroxyl groups is 1. The van der Waals surface area contributed by atoms with Crippen LogP contribution in [0.3, 0.4) is 0 Å². The van der Waals surface area contributed by atoms with Gasteiger partial charge in [-0.05, 0) is 49.9 Å². The summed E-state index contributed by atoms with van der Waals surface area (Å²) in [4.78, 5) is 21.5. The molecule has 0 aliphatic heterocycles. The maximum absolute atomic E-state index is 13.7. The van der Waals surface area contributed by atoms with Gasteiger partial charge in [0.05, 0.1) is 24.2 Å². The van der Waals surface area contributed by atoms with E-state index in [1.54, 1.807) is 23.0 Å². The van der Waals surface area contributed by atoms with E-state index in [0.29, 0.717) is 35.4 Å². The smallest absolute Gasteiger partial charge is 0.256 e. The van der Waals surface area contributed by atoms with Gasteiger partial charge in [-0.1, -0.05) is 0 Å². The second-order valence-corrected chi connectivity index (χ2v) is 7.75. The van der Waals surface area contributed by atoms with Crippen LogP contribution in [0.5, 0.6) is 0 Å². The van der Waals surface area contributed by atoms with E-state index in [9.17, 15) is 14.3 Å². The first-order valence-electron chi connectivity index (χ1n) is 10.2. The van der Waals surface area contributed by atoms with Gasteiger partial charge in [-0.2, -0.15) is 5.10 Å². The molecule has 1 aliphatic carbocycles. The number of halogens is 1. The zero-order chi connectivity index (χ0) is 21.4. The Kier molecular flexibility index (Phi) is 4.95. The topological polar surface area (TPSA) is 97.3 Å². The predicted octanol–water partition coefficient (Wildman–Crippen LogP) is 2.75. The number of rotatable bonds is 4. The SMILES string of the molecule is O=C(NC1CCC(O)CC1)c1cnn2ccc(-n3cccc3-c3cncc(F)c3)nc12. The van der Waals surface area contributed by atoms with E-state index >= 15 is 0 Å². The van der Waals surface area contributed by atoms with Crippen LogP contribution in [0, 0.1) is 5.82 Å². The zero-order valence-electron chi connectivity index (χ0n) is 16.6. The number of nitrogens with one attached hydrogen (secondary N) is 1. The van der Waals surface area contributed by atoms with Crippen LogP contribution in [0.4, 0.5) is 4.39 Å². The van der Waals surface area contributed by atoms with Crippen LogP contribution in [-0.2, 0) is 0 Å². The van der Waals surface area contributed by atoms with Crippen molar-refractivity contribution >= 4 is 11.6 Å². The van der Waals surface area contributed by atoms with E-state index in [1.807, 2.05) is 22.9 Å². The van der Waals surface area contributed by atoms with Crippen molar-refractivity contribution in [3.8, 4) is 17.1 Å². The number of amides is 1. The van der Waals surface area contributed by atoms with Crippen LogP contribution in [0.2, 0.25) is 0 Å². The molecule has 1 fully saturated rings. The average molecular weight is 420 g/mol. The molecule has 31 heavy (non-hydrogen) atoms. The number of hydrogen-bond donors (Lipinski definition) is 2. The Bertz CT molecular complexity index is 1240. The van der Waals surface area contributed by atoms with Crippen molar-refractivity contribution < 1.29 is 14.3 Å². The molecule has 158 valence electrons. The number of pyridine rings is 1. The van der Waals surface area contributed by atoms with Crippen molar-refractivity contribution in [1.29, 1.82) is 0 Å². The summed E-state index contributed by atoms with van der Waals surface area (Å²) in [7, 11) is 0. The van der Waals surface area contributed by atoms with Gasteiger partial charge in [0.2, 0.25) is 0 Å². The van der Waals surface area contributed by atoms with Gasteiger partial charge in [0.1, 0.15) is 17.2 Å². The van der Waals surface area contributed by atoms with Gasteiger partial charge < -0.3 is 15.0 Å². The number of carbonyl (C=O) groups is 1. The van der Waals surface area contributed by atoms with Crippen molar-refractivity contribution in [2.75, 3.05) is 0 Å². The minimum Gasteiger partial charge on any atom is -0.393 e. The summed E-state index contributed by atoms with van der Waals surface area (Å²) in [6.45, 7) is 0. The highest BCUT2D eigenvalue weighted by molar-refractivity contribution is 5.99.